The standard InChI is InChI=1S/C9H20.CH4/c1-6-8(4)9(5)7(2)3;/h7-9H,6H2,1-5H3;1H4/t8-,9-;/m1./s1. The molecule has 0 radical (unpaired) electrons. The molecule has 10 heavy (non-hydrogen) atoms. The highest BCUT2D eigenvalue weighted by Gasteiger charge is 2.12. The Hall–Kier alpha value is 0. The highest BCUT2D eigenvalue weighted by molar-refractivity contribution is 4.62. The van der Waals surface area contributed by atoms with Crippen LogP contribution in [0.3, 0.4) is 0 Å². The van der Waals surface area contributed by atoms with E-state index in [0.29, 0.717) is 0 Å². The Balaban J connectivity index is 0. The fourth-order valence-electron chi connectivity index (χ4n) is 1.03. The minimum atomic E-state index is 0. The monoisotopic (exact) mass is 144 g/mol. The first-order valence-electron chi connectivity index (χ1n) is 4.09. The lowest BCUT2D eigenvalue weighted by Gasteiger charge is -2.21. The molecule has 2 atom stereocenters. The maximum Gasteiger partial charge on any atom is -0.0394 e. The van der Waals surface area contributed by atoms with Crippen LogP contribution in [0.15, 0.2) is 0 Å². The van der Waals surface area contributed by atoms with E-state index in [-0.39, 0.29) is 7.43 Å². The quantitative estimate of drug-likeness (QED) is 0.562. The molecule has 0 spiro atoms. The highest BCUT2D eigenvalue weighted by atomic mass is 14.2. The van der Waals surface area contributed by atoms with Crippen molar-refractivity contribution >= 4 is 0 Å². The maximum absolute atomic E-state index is 2.35. The van der Waals surface area contributed by atoms with Gasteiger partial charge in [0.05, 0.1) is 0 Å². The van der Waals surface area contributed by atoms with Crippen LogP contribution < -0.4 is 0 Å². The van der Waals surface area contributed by atoms with Crippen LogP contribution in [0.5, 0.6) is 0 Å². The Morgan fingerprint density at radius 1 is 1.00 bits per heavy atom. The molecule has 0 rings (SSSR count). The summed E-state index contributed by atoms with van der Waals surface area (Å²) in [5.41, 5.74) is 0. The van der Waals surface area contributed by atoms with E-state index < -0.39 is 0 Å². The van der Waals surface area contributed by atoms with E-state index in [0.717, 1.165) is 17.8 Å². The van der Waals surface area contributed by atoms with Crippen molar-refractivity contribution in [3.63, 3.8) is 0 Å². The van der Waals surface area contributed by atoms with Crippen LogP contribution >= 0.6 is 0 Å². The summed E-state index contributed by atoms with van der Waals surface area (Å²) >= 11 is 0. The van der Waals surface area contributed by atoms with E-state index >= 15 is 0 Å². The third kappa shape index (κ3) is 3.92. The summed E-state index contributed by atoms with van der Waals surface area (Å²) in [5.74, 6) is 2.62. The van der Waals surface area contributed by atoms with E-state index in [9.17, 15) is 0 Å². The fraction of sp³-hybridized carbons (Fsp3) is 1.00. The van der Waals surface area contributed by atoms with Gasteiger partial charge in [-0.05, 0) is 17.8 Å². The predicted octanol–water partition coefficient (Wildman–Crippen LogP) is 3.96. The zero-order valence-corrected chi connectivity index (χ0v) is 7.44. The third-order valence-corrected chi connectivity index (χ3v) is 2.59. The summed E-state index contributed by atoms with van der Waals surface area (Å²) < 4.78 is 0. The normalized spacial score (nSPS) is 16.2. The summed E-state index contributed by atoms with van der Waals surface area (Å²) in [6.07, 6.45) is 1.32. The van der Waals surface area contributed by atoms with E-state index in [1.165, 1.54) is 6.42 Å². The van der Waals surface area contributed by atoms with Gasteiger partial charge in [-0.3, -0.25) is 0 Å². The van der Waals surface area contributed by atoms with E-state index in [4.69, 9.17) is 0 Å². The molecular weight excluding hydrogens is 120 g/mol. The second-order valence-electron chi connectivity index (χ2n) is 3.49. The van der Waals surface area contributed by atoms with Crippen molar-refractivity contribution in [2.45, 2.75) is 48.5 Å². The third-order valence-electron chi connectivity index (χ3n) is 2.59. The van der Waals surface area contributed by atoms with Crippen LogP contribution in [0.25, 0.3) is 0 Å². The molecule has 0 heteroatoms. The Morgan fingerprint density at radius 2 is 1.40 bits per heavy atom. The van der Waals surface area contributed by atoms with Gasteiger partial charge in [0.15, 0.2) is 0 Å². The lowest BCUT2D eigenvalue weighted by molar-refractivity contribution is 0.289. The van der Waals surface area contributed by atoms with Gasteiger partial charge in [0, 0.05) is 0 Å². The SMILES string of the molecule is C.CC[C@@H](C)[C@H](C)C(C)C. The predicted molar refractivity (Wildman–Crippen MR) is 50.2 cm³/mol. The first kappa shape index (κ1) is 12.7. The molecule has 0 aromatic rings. The molecule has 0 bridgehead atoms. The molecule has 0 saturated heterocycles. The molecule has 0 amide bonds. The average molecular weight is 144 g/mol. The van der Waals surface area contributed by atoms with Crippen molar-refractivity contribution in [2.75, 3.05) is 0 Å². The van der Waals surface area contributed by atoms with Crippen molar-refractivity contribution in [2.24, 2.45) is 17.8 Å². The molecule has 0 saturated carbocycles. The van der Waals surface area contributed by atoms with E-state index in [1.54, 1.807) is 0 Å². The van der Waals surface area contributed by atoms with Gasteiger partial charge in [-0.15, -0.1) is 0 Å². The van der Waals surface area contributed by atoms with Crippen LogP contribution in [0.4, 0.5) is 0 Å². The first-order chi connectivity index (χ1) is 4.09. The molecule has 0 aliphatic carbocycles. The van der Waals surface area contributed by atoms with Gasteiger partial charge in [-0.1, -0.05) is 48.5 Å². The first-order valence-corrected chi connectivity index (χ1v) is 4.09. The number of rotatable bonds is 3. The molecule has 0 fully saturated rings. The number of hydrogen-bond acceptors (Lipinski definition) is 0. The lowest BCUT2D eigenvalue weighted by atomic mass is 9.85. The van der Waals surface area contributed by atoms with Gasteiger partial charge < -0.3 is 0 Å². The Bertz CT molecular complexity index is 64.4. The van der Waals surface area contributed by atoms with E-state index in [2.05, 4.69) is 34.6 Å². The van der Waals surface area contributed by atoms with Crippen molar-refractivity contribution in [3.05, 3.63) is 0 Å². The molecule has 0 aliphatic rings. The molecule has 0 unspecified atom stereocenters. The van der Waals surface area contributed by atoms with Gasteiger partial charge in [-0.2, -0.15) is 0 Å². The fourth-order valence-corrected chi connectivity index (χ4v) is 1.03. The molecular formula is C10H24. The van der Waals surface area contributed by atoms with Crippen molar-refractivity contribution in [3.8, 4) is 0 Å². The van der Waals surface area contributed by atoms with Gasteiger partial charge in [0.1, 0.15) is 0 Å². The molecule has 0 N–H and O–H groups in total. The second kappa shape index (κ2) is 5.76. The minimum Gasteiger partial charge on any atom is -0.0776 e. The van der Waals surface area contributed by atoms with Crippen LogP contribution in [-0.4, -0.2) is 0 Å². The zero-order valence-electron chi connectivity index (χ0n) is 7.44. The summed E-state index contributed by atoms with van der Waals surface area (Å²) in [4.78, 5) is 0. The Kier molecular flexibility index (Phi) is 7.29. The van der Waals surface area contributed by atoms with Gasteiger partial charge >= 0.3 is 0 Å². The molecule has 0 nitrogen and oxygen atoms in total. The van der Waals surface area contributed by atoms with Crippen LogP contribution in [0.2, 0.25) is 0 Å². The minimum absolute atomic E-state index is 0. The topological polar surface area (TPSA) is 0 Å². The molecule has 0 aromatic carbocycles. The van der Waals surface area contributed by atoms with Gasteiger partial charge in [-0.25, -0.2) is 0 Å². The summed E-state index contributed by atoms with van der Waals surface area (Å²) in [5, 5.41) is 0. The van der Waals surface area contributed by atoms with Crippen molar-refractivity contribution in [1.82, 2.24) is 0 Å². The second-order valence-corrected chi connectivity index (χ2v) is 3.49. The largest absolute Gasteiger partial charge is 0.0776 e. The van der Waals surface area contributed by atoms with Gasteiger partial charge in [0.25, 0.3) is 0 Å². The molecule has 64 valence electrons. The summed E-state index contributed by atoms with van der Waals surface area (Å²) in [7, 11) is 0. The van der Waals surface area contributed by atoms with Crippen molar-refractivity contribution in [1.29, 1.82) is 0 Å². The van der Waals surface area contributed by atoms with Crippen LogP contribution in [-0.2, 0) is 0 Å². The lowest BCUT2D eigenvalue weighted by Crippen LogP contribution is -2.12. The summed E-state index contributed by atoms with van der Waals surface area (Å²) in [6, 6.07) is 0. The molecule has 0 aromatic heterocycles. The van der Waals surface area contributed by atoms with Crippen LogP contribution in [0, 0.1) is 17.8 Å². The molecule has 0 aliphatic heterocycles. The van der Waals surface area contributed by atoms with Crippen LogP contribution in [0.1, 0.15) is 48.5 Å². The maximum atomic E-state index is 2.35. The zero-order chi connectivity index (χ0) is 7.44. The Morgan fingerprint density at radius 3 is 1.50 bits per heavy atom. The molecule has 0 heterocycles. The Labute approximate surface area is 67.0 Å². The van der Waals surface area contributed by atoms with Crippen molar-refractivity contribution < 1.29 is 0 Å². The highest BCUT2D eigenvalue weighted by Crippen LogP contribution is 2.21. The summed E-state index contributed by atoms with van der Waals surface area (Å²) in [6.45, 7) is 11.6. The van der Waals surface area contributed by atoms with Gasteiger partial charge in [0.2, 0.25) is 0 Å². The average Bonchev–Trinajstić information content (AvgIpc) is 1.84. The van der Waals surface area contributed by atoms with E-state index in [1.807, 2.05) is 0 Å². The number of hydrogen-bond donors (Lipinski definition) is 0. The smallest absolute Gasteiger partial charge is 0.0394 e.